The van der Waals surface area contributed by atoms with Gasteiger partial charge in [0.1, 0.15) is 17.4 Å². The fourth-order valence-corrected chi connectivity index (χ4v) is 1.96. The van der Waals surface area contributed by atoms with Crippen LogP contribution >= 0.6 is 0 Å². The number of amides is 1. The lowest BCUT2D eigenvalue weighted by Crippen LogP contribution is -2.30. The number of esters is 1. The van der Waals surface area contributed by atoms with E-state index in [4.69, 9.17) is 4.74 Å². The number of benzene rings is 2. The second-order valence-corrected chi connectivity index (χ2v) is 5.07. The largest absolute Gasteiger partial charge is 0.449 e. The Labute approximate surface area is 145 Å². The van der Waals surface area contributed by atoms with Crippen molar-refractivity contribution in [2.45, 2.75) is 19.6 Å². The highest BCUT2D eigenvalue weighted by atomic mass is 19.3. The van der Waals surface area contributed by atoms with E-state index >= 15 is 0 Å². The first-order valence-corrected chi connectivity index (χ1v) is 7.28. The van der Waals surface area contributed by atoms with E-state index in [-0.39, 0.29) is 11.4 Å². The molecule has 0 saturated heterocycles. The molecule has 0 aliphatic heterocycles. The number of carbonyl (C=O) groups is 2. The van der Waals surface area contributed by atoms with Crippen molar-refractivity contribution >= 4 is 17.6 Å². The first-order chi connectivity index (χ1) is 12.3. The number of nitrogens with one attached hydrogen (secondary N) is 1. The molecular weight excluding hydrogens is 358 g/mol. The first-order valence-electron chi connectivity index (χ1n) is 7.28. The van der Waals surface area contributed by atoms with Gasteiger partial charge >= 0.3 is 12.6 Å². The predicted molar refractivity (Wildman–Crippen MR) is 82.9 cm³/mol. The van der Waals surface area contributed by atoms with Gasteiger partial charge in [-0.3, -0.25) is 4.79 Å². The minimum Gasteiger partial charge on any atom is -0.449 e. The lowest BCUT2D eigenvalue weighted by molar-refractivity contribution is -0.123. The maximum atomic E-state index is 13.1. The van der Waals surface area contributed by atoms with Crippen molar-refractivity contribution in [2.24, 2.45) is 0 Å². The molecule has 2 aromatic rings. The number of alkyl halides is 2. The van der Waals surface area contributed by atoms with Crippen LogP contribution in [0.15, 0.2) is 42.5 Å². The predicted octanol–water partition coefficient (Wildman–Crippen LogP) is 3.75. The molecule has 0 heterocycles. The summed E-state index contributed by atoms with van der Waals surface area (Å²) in [5, 5.41) is 2.27. The number of rotatable bonds is 6. The molecule has 0 radical (unpaired) electrons. The second kappa shape index (κ2) is 8.32. The number of ether oxygens (including phenoxy) is 2. The molecule has 1 atom stereocenters. The van der Waals surface area contributed by atoms with Gasteiger partial charge in [0, 0.05) is 6.07 Å². The van der Waals surface area contributed by atoms with Gasteiger partial charge in [-0.15, -0.1) is 0 Å². The molecule has 0 saturated carbocycles. The standard InChI is InChI=1S/C17H13F4NO4/c1-9(25-16(24)10-6-11(18)8-12(19)7-10)15(23)22-13-4-2-3-5-14(13)26-17(20)21/h2-9,17H,1H3,(H,22,23)/t9-/m1/s1. The number of hydrogen-bond donors (Lipinski definition) is 1. The number of halogens is 4. The average Bonchev–Trinajstić information content (AvgIpc) is 2.55. The Hall–Kier alpha value is -3.10. The van der Waals surface area contributed by atoms with Gasteiger partial charge in [0.15, 0.2) is 6.10 Å². The summed E-state index contributed by atoms with van der Waals surface area (Å²) in [7, 11) is 0. The van der Waals surface area contributed by atoms with Crippen LogP contribution in [0, 0.1) is 11.6 Å². The molecule has 0 bridgehead atoms. The smallest absolute Gasteiger partial charge is 0.387 e. The van der Waals surface area contributed by atoms with E-state index in [0.29, 0.717) is 6.07 Å². The van der Waals surface area contributed by atoms with Crippen LogP contribution in [0.2, 0.25) is 0 Å². The summed E-state index contributed by atoms with van der Waals surface area (Å²) >= 11 is 0. The summed E-state index contributed by atoms with van der Waals surface area (Å²) in [6.45, 7) is -1.88. The Bertz CT molecular complexity index is 793. The zero-order chi connectivity index (χ0) is 19.3. The van der Waals surface area contributed by atoms with E-state index in [1.165, 1.54) is 31.2 Å². The summed E-state index contributed by atoms with van der Waals surface area (Å²) in [4.78, 5) is 23.9. The first kappa shape index (κ1) is 19.2. The molecule has 1 N–H and O–H groups in total. The molecule has 1 amide bonds. The highest BCUT2D eigenvalue weighted by molar-refractivity contribution is 5.98. The van der Waals surface area contributed by atoms with Gasteiger partial charge in [-0.25, -0.2) is 13.6 Å². The fourth-order valence-electron chi connectivity index (χ4n) is 1.96. The van der Waals surface area contributed by atoms with Crippen molar-refractivity contribution in [3.63, 3.8) is 0 Å². The van der Waals surface area contributed by atoms with Gasteiger partial charge < -0.3 is 14.8 Å². The molecule has 0 unspecified atom stereocenters. The van der Waals surface area contributed by atoms with E-state index < -0.39 is 41.8 Å². The lowest BCUT2D eigenvalue weighted by atomic mass is 10.2. The van der Waals surface area contributed by atoms with E-state index in [0.717, 1.165) is 12.1 Å². The van der Waals surface area contributed by atoms with Crippen LogP contribution in [0.5, 0.6) is 5.75 Å². The van der Waals surface area contributed by atoms with Crippen molar-refractivity contribution < 1.29 is 36.6 Å². The van der Waals surface area contributed by atoms with Gasteiger partial charge in [0.05, 0.1) is 11.3 Å². The normalized spacial score (nSPS) is 11.8. The van der Waals surface area contributed by atoms with Crippen LogP contribution in [0.1, 0.15) is 17.3 Å². The number of anilines is 1. The van der Waals surface area contributed by atoms with Crippen LogP contribution in [0.25, 0.3) is 0 Å². The van der Waals surface area contributed by atoms with Gasteiger partial charge in [-0.1, -0.05) is 12.1 Å². The molecule has 0 aromatic heterocycles. The molecule has 26 heavy (non-hydrogen) atoms. The van der Waals surface area contributed by atoms with E-state index in [9.17, 15) is 27.2 Å². The summed E-state index contributed by atoms with van der Waals surface area (Å²) < 4.78 is 60.0. The third kappa shape index (κ3) is 5.20. The van der Waals surface area contributed by atoms with E-state index in [1.54, 1.807) is 0 Å². The Morgan fingerprint density at radius 1 is 1.04 bits per heavy atom. The SMILES string of the molecule is C[C@@H](OC(=O)c1cc(F)cc(F)c1)C(=O)Nc1ccccc1OC(F)F. The summed E-state index contributed by atoms with van der Waals surface area (Å²) in [5.74, 6) is -4.20. The van der Waals surface area contributed by atoms with Crippen molar-refractivity contribution in [3.05, 3.63) is 59.7 Å². The van der Waals surface area contributed by atoms with Crippen LogP contribution in [-0.4, -0.2) is 24.6 Å². The number of carbonyl (C=O) groups excluding carboxylic acids is 2. The lowest BCUT2D eigenvalue weighted by Gasteiger charge is -2.15. The fraction of sp³-hybridized carbons (Fsp3) is 0.176. The Balaban J connectivity index is 2.05. The molecule has 2 rings (SSSR count). The van der Waals surface area contributed by atoms with Gasteiger partial charge in [0.2, 0.25) is 0 Å². The van der Waals surface area contributed by atoms with Gasteiger partial charge in [-0.05, 0) is 31.2 Å². The van der Waals surface area contributed by atoms with Gasteiger partial charge in [0.25, 0.3) is 5.91 Å². The number of hydrogen-bond acceptors (Lipinski definition) is 4. The monoisotopic (exact) mass is 371 g/mol. The van der Waals surface area contributed by atoms with Crippen molar-refractivity contribution in [2.75, 3.05) is 5.32 Å². The highest BCUT2D eigenvalue weighted by Gasteiger charge is 2.21. The summed E-state index contributed by atoms with van der Waals surface area (Å²) in [6, 6.07) is 7.51. The topological polar surface area (TPSA) is 64.6 Å². The third-order valence-corrected chi connectivity index (χ3v) is 3.11. The summed E-state index contributed by atoms with van der Waals surface area (Å²) in [5.41, 5.74) is -0.471. The molecule has 0 fully saturated rings. The molecular formula is C17H13F4NO4. The zero-order valence-electron chi connectivity index (χ0n) is 13.3. The van der Waals surface area contributed by atoms with E-state index in [1.807, 2.05) is 0 Å². The van der Waals surface area contributed by atoms with Crippen molar-refractivity contribution in [3.8, 4) is 5.75 Å². The van der Waals surface area contributed by atoms with Crippen LogP contribution in [0.4, 0.5) is 23.2 Å². The minimum absolute atomic E-state index is 0.0579. The van der Waals surface area contributed by atoms with Gasteiger partial charge in [-0.2, -0.15) is 8.78 Å². The molecule has 9 heteroatoms. The van der Waals surface area contributed by atoms with Crippen LogP contribution in [-0.2, 0) is 9.53 Å². The zero-order valence-corrected chi connectivity index (χ0v) is 13.3. The maximum Gasteiger partial charge on any atom is 0.387 e. The molecule has 0 spiro atoms. The Morgan fingerprint density at radius 3 is 2.27 bits per heavy atom. The third-order valence-electron chi connectivity index (χ3n) is 3.11. The van der Waals surface area contributed by atoms with Crippen LogP contribution in [0.3, 0.4) is 0 Å². The minimum atomic E-state index is -3.09. The Morgan fingerprint density at radius 2 is 1.65 bits per heavy atom. The summed E-state index contributed by atoms with van der Waals surface area (Å²) in [6.07, 6.45) is -1.37. The maximum absolute atomic E-state index is 13.1. The average molecular weight is 371 g/mol. The highest BCUT2D eigenvalue weighted by Crippen LogP contribution is 2.25. The molecule has 0 aliphatic rings. The molecule has 5 nitrogen and oxygen atoms in total. The quantitative estimate of drug-likeness (QED) is 0.621. The Kier molecular flexibility index (Phi) is 6.16. The van der Waals surface area contributed by atoms with Crippen molar-refractivity contribution in [1.29, 1.82) is 0 Å². The molecule has 138 valence electrons. The second-order valence-electron chi connectivity index (χ2n) is 5.07. The van der Waals surface area contributed by atoms with Crippen molar-refractivity contribution in [1.82, 2.24) is 0 Å². The van der Waals surface area contributed by atoms with E-state index in [2.05, 4.69) is 10.1 Å². The molecule has 0 aliphatic carbocycles. The van der Waals surface area contributed by atoms with Crippen LogP contribution < -0.4 is 10.1 Å². The molecule has 2 aromatic carbocycles. The number of para-hydroxylation sites is 2.